The first-order chi connectivity index (χ1) is 7.59. The smallest absolute Gasteiger partial charge is 0.247 e. The van der Waals surface area contributed by atoms with Crippen LogP contribution in [-0.4, -0.2) is 17.6 Å². The highest BCUT2D eigenvalue weighted by molar-refractivity contribution is 5.83. The quantitative estimate of drug-likeness (QED) is 0.406. The van der Waals surface area contributed by atoms with Crippen LogP contribution in [0.2, 0.25) is 0 Å². The normalized spacial score (nSPS) is 17.4. The average molecular weight is 226 g/mol. The van der Waals surface area contributed by atoms with E-state index < -0.39 is 23.5 Å². The van der Waals surface area contributed by atoms with Crippen LogP contribution in [0, 0.1) is 5.92 Å². The van der Waals surface area contributed by atoms with Gasteiger partial charge in [-0.1, -0.05) is 19.9 Å². The average Bonchev–Trinajstić information content (AvgIpc) is 3.08. The van der Waals surface area contributed by atoms with E-state index in [9.17, 15) is 9.59 Å². The minimum absolute atomic E-state index is 0.391. The van der Waals surface area contributed by atoms with Gasteiger partial charge < -0.3 is 0 Å². The van der Waals surface area contributed by atoms with Crippen molar-refractivity contribution in [3.05, 3.63) is 12.7 Å². The lowest BCUT2D eigenvalue weighted by molar-refractivity contribution is -0.263. The minimum Gasteiger partial charge on any atom is -0.247 e. The fraction of sp³-hybridized carbons (Fsp3) is 0.600. The van der Waals surface area contributed by atoms with Gasteiger partial charge in [-0.05, 0) is 6.42 Å². The number of hydrogen-bond acceptors (Lipinski definition) is 6. The molecule has 1 atom stereocenters. The molecule has 88 valence electrons. The van der Waals surface area contributed by atoms with Crippen molar-refractivity contribution >= 4 is 11.9 Å². The maximum Gasteiger partial charge on any atom is 0.408 e. The second-order valence-electron chi connectivity index (χ2n) is 3.39. The van der Waals surface area contributed by atoms with Gasteiger partial charge in [0.1, 0.15) is 0 Å². The lowest BCUT2D eigenvalue weighted by Crippen LogP contribution is -2.28. The van der Waals surface area contributed by atoms with Gasteiger partial charge in [0.15, 0.2) is 0 Å². The van der Waals surface area contributed by atoms with Crippen LogP contribution in [0.25, 0.3) is 0 Å². The molecule has 1 unspecified atom stereocenters. The van der Waals surface area contributed by atoms with Crippen molar-refractivity contribution in [3.63, 3.8) is 0 Å². The van der Waals surface area contributed by atoms with E-state index in [1.54, 1.807) is 13.8 Å². The Bertz CT molecular complexity index is 332. The first-order valence-electron chi connectivity index (χ1n) is 5.09. The van der Waals surface area contributed by atoms with Gasteiger partial charge in [0.25, 0.3) is 5.66 Å². The number of nitrogens with zero attached hydrogens (tertiary/aromatic N) is 2. The molecule has 0 saturated heterocycles. The van der Waals surface area contributed by atoms with Gasteiger partial charge in [0.05, 0.1) is 5.92 Å². The molecule has 0 aromatic rings. The first-order valence-corrected chi connectivity index (χ1v) is 5.09. The van der Waals surface area contributed by atoms with Crippen LogP contribution >= 0.6 is 0 Å². The molecule has 1 aliphatic heterocycles. The Hall–Kier alpha value is -1.72. The largest absolute Gasteiger partial charge is 0.408 e. The molecule has 0 aliphatic carbocycles. The van der Waals surface area contributed by atoms with E-state index >= 15 is 0 Å². The van der Waals surface area contributed by atoms with E-state index in [0.717, 1.165) is 0 Å². The minimum atomic E-state index is -1.14. The van der Waals surface area contributed by atoms with E-state index in [1.165, 1.54) is 6.08 Å². The number of carbonyl (C=O) groups is 2. The molecule has 1 aliphatic rings. The molecule has 0 fully saturated rings. The lowest BCUT2D eigenvalue weighted by atomic mass is 10.1. The molecule has 0 N–H and O–H groups in total. The molecule has 0 radical (unpaired) electrons. The molecule has 1 heterocycles. The van der Waals surface area contributed by atoms with Crippen molar-refractivity contribution in [2.24, 2.45) is 16.1 Å². The molecular formula is C10H14N2O4. The van der Waals surface area contributed by atoms with E-state index in [4.69, 9.17) is 0 Å². The molecule has 0 aromatic carbocycles. The zero-order valence-corrected chi connectivity index (χ0v) is 9.30. The van der Waals surface area contributed by atoms with Crippen LogP contribution in [0.1, 0.15) is 26.7 Å². The van der Waals surface area contributed by atoms with Crippen molar-refractivity contribution in [1.29, 1.82) is 0 Å². The maximum atomic E-state index is 11.3. The van der Waals surface area contributed by atoms with Gasteiger partial charge in [0.2, 0.25) is 0 Å². The maximum absolute atomic E-state index is 11.3. The van der Waals surface area contributed by atoms with Crippen LogP contribution in [0.15, 0.2) is 22.9 Å². The Kier molecular flexibility index (Phi) is 3.76. The molecule has 0 saturated carbocycles. The van der Waals surface area contributed by atoms with Crippen molar-refractivity contribution in [3.8, 4) is 0 Å². The van der Waals surface area contributed by atoms with Gasteiger partial charge in [0, 0.05) is 6.42 Å². The third-order valence-electron chi connectivity index (χ3n) is 2.39. The standard InChI is InChI=1S/C10H14N2O4/c1-4-7(5-2)8(13)15-16-9(14)10(6-3)11-12-10/h4,7H,1,5-6H2,2-3H3. The summed E-state index contributed by atoms with van der Waals surface area (Å²) in [6, 6.07) is 0. The van der Waals surface area contributed by atoms with Crippen molar-refractivity contribution < 1.29 is 19.4 Å². The molecule has 0 aromatic heterocycles. The summed E-state index contributed by atoms with van der Waals surface area (Å²) in [6.07, 6.45) is 2.37. The van der Waals surface area contributed by atoms with E-state index in [1.807, 2.05) is 0 Å². The zero-order chi connectivity index (χ0) is 12.2. The van der Waals surface area contributed by atoms with Crippen molar-refractivity contribution in [2.75, 3.05) is 0 Å². The lowest BCUT2D eigenvalue weighted by Gasteiger charge is -2.09. The third kappa shape index (κ3) is 2.44. The topological polar surface area (TPSA) is 77.3 Å². The summed E-state index contributed by atoms with van der Waals surface area (Å²) < 4.78 is 0. The van der Waals surface area contributed by atoms with Crippen LogP contribution in [0.3, 0.4) is 0 Å². The van der Waals surface area contributed by atoms with Gasteiger partial charge in [-0.2, -0.15) is 0 Å². The Labute approximate surface area is 93.3 Å². The summed E-state index contributed by atoms with van der Waals surface area (Å²) in [4.78, 5) is 31.4. The first kappa shape index (κ1) is 12.4. The predicted molar refractivity (Wildman–Crippen MR) is 54.0 cm³/mol. The van der Waals surface area contributed by atoms with Gasteiger partial charge in [-0.15, -0.1) is 16.8 Å². The fourth-order valence-electron chi connectivity index (χ4n) is 1.06. The van der Waals surface area contributed by atoms with E-state index in [0.29, 0.717) is 12.8 Å². The summed E-state index contributed by atoms with van der Waals surface area (Å²) in [7, 11) is 0. The number of hydrogen-bond donors (Lipinski definition) is 0. The SMILES string of the molecule is C=CC(CC)C(=O)OOC(=O)C1(CC)N=N1. The molecule has 6 nitrogen and oxygen atoms in total. The molecule has 1 rings (SSSR count). The predicted octanol–water partition coefficient (Wildman–Crippen LogP) is 1.77. The van der Waals surface area contributed by atoms with E-state index in [-0.39, 0.29) is 0 Å². The summed E-state index contributed by atoms with van der Waals surface area (Å²) >= 11 is 0. The Morgan fingerprint density at radius 1 is 1.38 bits per heavy atom. The number of carbonyl (C=O) groups excluding carboxylic acids is 2. The van der Waals surface area contributed by atoms with Gasteiger partial charge in [-0.3, -0.25) is 0 Å². The monoisotopic (exact) mass is 226 g/mol. The molecule has 16 heavy (non-hydrogen) atoms. The fourth-order valence-corrected chi connectivity index (χ4v) is 1.06. The zero-order valence-electron chi connectivity index (χ0n) is 9.30. The summed E-state index contributed by atoms with van der Waals surface area (Å²) in [5.74, 6) is -1.88. The van der Waals surface area contributed by atoms with Crippen molar-refractivity contribution in [1.82, 2.24) is 0 Å². The van der Waals surface area contributed by atoms with Crippen LogP contribution < -0.4 is 0 Å². The van der Waals surface area contributed by atoms with E-state index in [2.05, 4.69) is 26.6 Å². The highest BCUT2D eigenvalue weighted by Crippen LogP contribution is 2.32. The molecule has 0 bridgehead atoms. The van der Waals surface area contributed by atoms with Crippen LogP contribution in [0.5, 0.6) is 0 Å². The second-order valence-corrected chi connectivity index (χ2v) is 3.39. The molecular weight excluding hydrogens is 212 g/mol. The summed E-state index contributed by atoms with van der Waals surface area (Å²) in [5, 5.41) is 7.11. The van der Waals surface area contributed by atoms with Gasteiger partial charge in [-0.25, -0.2) is 19.4 Å². The third-order valence-corrected chi connectivity index (χ3v) is 2.39. The Morgan fingerprint density at radius 2 is 2.00 bits per heavy atom. The second kappa shape index (κ2) is 4.87. The molecule has 0 amide bonds. The van der Waals surface area contributed by atoms with Crippen molar-refractivity contribution in [2.45, 2.75) is 32.4 Å². The van der Waals surface area contributed by atoms with Gasteiger partial charge >= 0.3 is 11.9 Å². The summed E-state index contributed by atoms with van der Waals surface area (Å²) in [5.41, 5.74) is -1.14. The Balaban J connectivity index is 2.37. The van der Waals surface area contributed by atoms with Crippen LogP contribution in [-0.2, 0) is 19.4 Å². The highest BCUT2D eigenvalue weighted by atomic mass is 17.2. The molecule has 0 spiro atoms. The Morgan fingerprint density at radius 3 is 2.38 bits per heavy atom. The summed E-state index contributed by atoms with van der Waals surface area (Å²) in [6.45, 7) is 7.02. The molecule has 6 heteroatoms. The van der Waals surface area contributed by atoms with Crippen LogP contribution in [0.4, 0.5) is 0 Å². The number of rotatable bonds is 5. The highest BCUT2D eigenvalue weighted by Gasteiger charge is 2.50.